The van der Waals surface area contributed by atoms with Crippen molar-refractivity contribution >= 4 is 5.82 Å². The van der Waals surface area contributed by atoms with Crippen molar-refractivity contribution in [3.05, 3.63) is 54.9 Å². The number of aliphatic hydroxyl groups excluding tert-OH is 1. The van der Waals surface area contributed by atoms with Crippen LogP contribution in [0.1, 0.15) is 19.3 Å². The van der Waals surface area contributed by atoms with Gasteiger partial charge in [-0.05, 0) is 43.5 Å². The van der Waals surface area contributed by atoms with E-state index >= 15 is 0 Å². The number of aryl methyl sites for hydroxylation is 1. The molecule has 4 rings (SSSR count). The molecule has 29 heavy (non-hydrogen) atoms. The molecule has 1 fully saturated rings. The molecule has 0 unspecified atom stereocenters. The Morgan fingerprint density at radius 2 is 2.00 bits per heavy atom. The average molecular weight is 393 g/mol. The number of benzene rings is 1. The number of nitrogens with zero attached hydrogens (tertiary/aromatic N) is 5. The van der Waals surface area contributed by atoms with Crippen LogP contribution in [0.25, 0.3) is 11.5 Å². The lowest BCUT2D eigenvalue weighted by Gasteiger charge is -2.42. The van der Waals surface area contributed by atoms with Gasteiger partial charge in [-0.25, -0.2) is 4.98 Å². The lowest BCUT2D eigenvalue weighted by atomic mass is 9.78. The first-order valence-corrected chi connectivity index (χ1v) is 10.0. The molecule has 1 atom stereocenters. The summed E-state index contributed by atoms with van der Waals surface area (Å²) >= 11 is 0. The predicted molar refractivity (Wildman–Crippen MR) is 112 cm³/mol. The number of aromatic nitrogens is 4. The van der Waals surface area contributed by atoms with Gasteiger partial charge < -0.3 is 19.3 Å². The molecule has 1 aliphatic rings. The summed E-state index contributed by atoms with van der Waals surface area (Å²) in [6.07, 6.45) is 6.44. The minimum absolute atomic E-state index is 0.139. The second-order valence-electron chi connectivity index (χ2n) is 7.73. The summed E-state index contributed by atoms with van der Waals surface area (Å²) in [5.74, 6) is 2.50. The van der Waals surface area contributed by atoms with Gasteiger partial charge in [0.25, 0.3) is 0 Å². The topological polar surface area (TPSA) is 76.3 Å². The van der Waals surface area contributed by atoms with Gasteiger partial charge in [0, 0.05) is 37.9 Å². The van der Waals surface area contributed by atoms with E-state index in [1.54, 1.807) is 6.20 Å². The van der Waals surface area contributed by atoms with Crippen molar-refractivity contribution in [2.75, 3.05) is 31.2 Å². The zero-order valence-corrected chi connectivity index (χ0v) is 16.7. The fraction of sp³-hybridized carbons (Fsp3) is 0.409. The molecule has 3 heterocycles. The van der Waals surface area contributed by atoms with Crippen molar-refractivity contribution in [3.8, 4) is 17.3 Å². The fourth-order valence-corrected chi connectivity index (χ4v) is 3.94. The summed E-state index contributed by atoms with van der Waals surface area (Å²) in [5.41, 5.74) is 0.565. The van der Waals surface area contributed by atoms with E-state index in [0.29, 0.717) is 6.61 Å². The number of rotatable bonds is 7. The van der Waals surface area contributed by atoms with Gasteiger partial charge in [0.1, 0.15) is 11.4 Å². The van der Waals surface area contributed by atoms with Crippen LogP contribution in [0.5, 0.6) is 5.75 Å². The van der Waals surface area contributed by atoms with Crippen LogP contribution in [0.3, 0.4) is 0 Å². The zero-order chi connectivity index (χ0) is 20.1. The van der Waals surface area contributed by atoms with Crippen LogP contribution in [0, 0.1) is 5.41 Å². The zero-order valence-electron chi connectivity index (χ0n) is 16.7. The van der Waals surface area contributed by atoms with Crippen LogP contribution in [0.15, 0.2) is 54.9 Å². The third-order valence-electron chi connectivity index (χ3n) is 5.67. The van der Waals surface area contributed by atoms with Gasteiger partial charge in [-0.1, -0.05) is 18.2 Å². The Hall–Kier alpha value is -2.93. The number of aliphatic hydroxyl groups is 1. The summed E-state index contributed by atoms with van der Waals surface area (Å²) in [7, 11) is 1.94. The molecule has 7 nitrogen and oxygen atoms in total. The molecule has 0 radical (unpaired) electrons. The summed E-state index contributed by atoms with van der Waals surface area (Å²) in [5, 5.41) is 19.0. The largest absolute Gasteiger partial charge is 0.494 e. The van der Waals surface area contributed by atoms with Gasteiger partial charge >= 0.3 is 0 Å². The second-order valence-corrected chi connectivity index (χ2v) is 7.73. The summed E-state index contributed by atoms with van der Waals surface area (Å²) in [6.45, 7) is 2.39. The van der Waals surface area contributed by atoms with E-state index in [2.05, 4.69) is 20.1 Å². The molecule has 0 aliphatic carbocycles. The lowest BCUT2D eigenvalue weighted by Crippen LogP contribution is -2.46. The van der Waals surface area contributed by atoms with Gasteiger partial charge in [-0.3, -0.25) is 0 Å². The number of hydrogen-bond donors (Lipinski definition) is 1. The van der Waals surface area contributed by atoms with E-state index in [4.69, 9.17) is 4.74 Å². The Bertz CT molecular complexity index is 912. The molecule has 0 spiro atoms. The third kappa shape index (κ3) is 4.40. The Morgan fingerprint density at radius 1 is 1.14 bits per heavy atom. The highest BCUT2D eigenvalue weighted by molar-refractivity contribution is 5.52. The molecule has 1 aliphatic heterocycles. The number of imidazole rings is 1. The maximum atomic E-state index is 10.2. The van der Waals surface area contributed by atoms with E-state index in [1.807, 2.05) is 60.3 Å². The quantitative estimate of drug-likeness (QED) is 0.665. The van der Waals surface area contributed by atoms with Gasteiger partial charge in [-0.2, -0.15) is 0 Å². The molecule has 0 saturated carbocycles. The first-order valence-electron chi connectivity index (χ1n) is 10.0. The number of ether oxygens (including phenoxy) is 1. The number of para-hydroxylation sites is 1. The summed E-state index contributed by atoms with van der Waals surface area (Å²) < 4.78 is 7.80. The van der Waals surface area contributed by atoms with Crippen LogP contribution in [-0.2, 0) is 7.05 Å². The third-order valence-corrected chi connectivity index (χ3v) is 5.67. The van der Waals surface area contributed by atoms with E-state index in [9.17, 15) is 5.11 Å². The molecule has 2 aromatic heterocycles. The molecule has 1 saturated heterocycles. The Labute approximate surface area is 171 Å². The van der Waals surface area contributed by atoms with Crippen LogP contribution >= 0.6 is 0 Å². The maximum absolute atomic E-state index is 10.2. The molecule has 0 bridgehead atoms. The average Bonchev–Trinajstić information content (AvgIpc) is 3.21. The number of anilines is 1. The Balaban J connectivity index is 1.41. The molecular formula is C22H27N5O2. The highest BCUT2D eigenvalue weighted by Gasteiger charge is 2.35. The van der Waals surface area contributed by atoms with Gasteiger partial charge in [0.05, 0.1) is 13.2 Å². The molecule has 0 amide bonds. The van der Waals surface area contributed by atoms with Crippen molar-refractivity contribution in [2.24, 2.45) is 12.5 Å². The van der Waals surface area contributed by atoms with Crippen LogP contribution < -0.4 is 9.64 Å². The normalized spacial score (nSPS) is 19.3. The molecule has 3 aromatic rings. The number of piperidine rings is 1. The van der Waals surface area contributed by atoms with Gasteiger partial charge in [0.15, 0.2) is 11.6 Å². The monoisotopic (exact) mass is 393 g/mol. The Morgan fingerprint density at radius 3 is 2.69 bits per heavy atom. The summed E-state index contributed by atoms with van der Waals surface area (Å²) in [6, 6.07) is 13.8. The molecule has 7 heteroatoms. The summed E-state index contributed by atoms with van der Waals surface area (Å²) in [4.78, 5) is 6.54. The van der Waals surface area contributed by atoms with Crippen molar-refractivity contribution in [3.63, 3.8) is 0 Å². The first-order chi connectivity index (χ1) is 14.2. The van der Waals surface area contributed by atoms with Crippen molar-refractivity contribution in [2.45, 2.75) is 19.3 Å². The minimum Gasteiger partial charge on any atom is -0.494 e. The van der Waals surface area contributed by atoms with Crippen LogP contribution in [0.2, 0.25) is 0 Å². The van der Waals surface area contributed by atoms with Crippen LogP contribution in [0.4, 0.5) is 5.82 Å². The lowest BCUT2D eigenvalue weighted by molar-refractivity contribution is 0.0791. The molecule has 1 aromatic carbocycles. The standard InChI is InChI=1S/C22H27N5O2/c1-26-14-12-23-21(26)19-8-9-20(25-24-19)27-13-5-10-22(16-27,17-28)11-15-29-18-6-3-2-4-7-18/h2-4,6-9,12,14,28H,5,10-11,13,15-17H2,1H3/t22-/m1/s1. The molecule has 1 N–H and O–H groups in total. The van der Waals surface area contributed by atoms with E-state index in [-0.39, 0.29) is 12.0 Å². The van der Waals surface area contributed by atoms with E-state index in [1.165, 1.54) is 0 Å². The highest BCUT2D eigenvalue weighted by Crippen LogP contribution is 2.35. The first kappa shape index (κ1) is 19.4. The number of hydrogen-bond acceptors (Lipinski definition) is 6. The SMILES string of the molecule is Cn1ccnc1-c1ccc(N2CCC[C@@](CO)(CCOc3ccccc3)C2)nn1. The second kappa shape index (κ2) is 8.61. The van der Waals surface area contributed by atoms with Gasteiger partial charge in [-0.15, -0.1) is 10.2 Å². The van der Waals surface area contributed by atoms with Crippen molar-refractivity contribution < 1.29 is 9.84 Å². The van der Waals surface area contributed by atoms with Crippen LogP contribution in [-0.4, -0.2) is 51.2 Å². The van der Waals surface area contributed by atoms with Gasteiger partial charge in [0.2, 0.25) is 0 Å². The molecular weight excluding hydrogens is 366 g/mol. The smallest absolute Gasteiger partial charge is 0.160 e. The minimum atomic E-state index is -0.187. The Kier molecular flexibility index (Phi) is 5.76. The fourth-order valence-electron chi connectivity index (χ4n) is 3.94. The maximum Gasteiger partial charge on any atom is 0.160 e. The molecule has 152 valence electrons. The predicted octanol–water partition coefficient (Wildman–Crippen LogP) is 2.93. The van der Waals surface area contributed by atoms with E-state index < -0.39 is 0 Å². The van der Waals surface area contributed by atoms with E-state index in [0.717, 1.165) is 55.4 Å². The van der Waals surface area contributed by atoms with Crippen molar-refractivity contribution in [1.29, 1.82) is 0 Å². The van der Waals surface area contributed by atoms with Crippen molar-refractivity contribution in [1.82, 2.24) is 19.7 Å². The highest BCUT2D eigenvalue weighted by atomic mass is 16.5.